The fourth-order valence-electron chi connectivity index (χ4n) is 1.91. The van der Waals surface area contributed by atoms with Gasteiger partial charge < -0.3 is 4.74 Å². The molecule has 16 heavy (non-hydrogen) atoms. The first-order valence-corrected chi connectivity index (χ1v) is 5.25. The normalized spacial score (nSPS) is 20.4. The van der Waals surface area contributed by atoms with E-state index >= 15 is 0 Å². The maximum absolute atomic E-state index is 13.0. The highest BCUT2D eigenvalue weighted by atomic mass is 19.1. The van der Waals surface area contributed by atoms with Gasteiger partial charge in [0.1, 0.15) is 11.6 Å². The van der Waals surface area contributed by atoms with Crippen molar-refractivity contribution in [1.29, 1.82) is 0 Å². The van der Waals surface area contributed by atoms with Gasteiger partial charge in [-0.3, -0.25) is 0 Å². The Morgan fingerprint density at radius 2 is 1.94 bits per heavy atom. The molecule has 0 aromatic heterocycles. The van der Waals surface area contributed by atoms with Crippen LogP contribution in [0.1, 0.15) is 30.9 Å². The number of methoxy groups -OCH3 is 1. The standard InChI is InChI=1S/C12H13F2NO/c1-16-12-4-2-3-11(15-12)8-5-9(13)7-10(14)6-8/h5-7,11H,2-4H2,1H3. The fourth-order valence-corrected chi connectivity index (χ4v) is 1.91. The molecule has 0 amide bonds. The highest BCUT2D eigenvalue weighted by Crippen LogP contribution is 2.29. The molecule has 1 atom stereocenters. The highest BCUT2D eigenvalue weighted by Gasteiger charge is 2.18. The van der Waals surface area contributed by atoms with Crippen LogP contribution in [0.4, 0.5) is 8.78 Å². The summed E-state index contributed by atoms with van der Waals surface area (Å²) in [5.41, 5.74) is 0.576. The lowest BCUT2D eigenvalue weighted by Crippen LogP contribution is -2.11. The van der Waals surface area contributed by atoms with Gasteiger partial charge in [-0.2, -0.15) is 0 Å². The van der Waals surface area contributed by atoms with E-state index in [0.717, 1.165) is 25.3 Å². The Kier molecular flexibility index (Phi) is 3.17. The Hall–Kier alpha value is -1.45. The van der Waals surface area contributed by atoms with Gasteiger partial charge in [-0.15, -0.1) is 0 Å². The molecule has 4 heteroatoms. The molecule has 1 aromatic rings. The van der Waals surface area contributed by atoms with E-state index in [1.807, 2.05) is 0 Å². The third-order valence-electron chi connectivity index (χ3n) is 2.67. The van der Waals surface area contributed by atoms with E-state index in [9.17, 15) is 8.78 Å². The molecule has 2 rings (SSSR count). The SMILES string of the molecule is COC1=NC(c2cc(F)cc(F)c2)CCC1. The van der Waals surface area contributed by atoms with Crippen LogP contribution in [0.5, 0.6) is 0 Å². The van der Waals surface area contributed by atoms with Crippen LogP contribution in [0.2, 0.25) is 0 Å². The third-order valence-corrected chi connectivity index (χ3v) is 2.67. The molecule has 1 aromatic carbocycles. The molecule has 0 radical (unpaired) electrons. The second kappa shape index (κ2) is 4.60. The lowest BCUT2D eigenvalue weighted by Gasteiger charge is -2.19. The van der Waals surface area contributed by atoms with Crippen LogP contribution in [0.3, 0.4) is 0 Å². The Balaban J connectivity index is 2.29. The van der Waals surface area contributed by atoms with Crippen molar-refractivity contribution < 1.29 is 13.5 Å². The van der Waals surface area contributed by atoms with Gasteiger partial charge >= 0.3 is 0 Å². The van der Waals surface area contributed by atoms with Gasteiger partial charge in [0.25, 0.3) is 0 Å². The van der Waals surface area contributed by atoms with Gasteiger partial charge in [-0.05, 0) is 30.5 Å². The molecule has 0 saturated carbocycles. The van der Waals surface area contributed by atoms with Gasteiger partial charge in [0.2, 0.25) is 0 Å². The zero-order valence-electron chi connectivity index (χ0n) is 9.04. The average molecular weight is 225 g/mol. The number of rotatable bonds is 1. The summed E-state index contributed by atoms with van der Waals surface area (Å²) >= 11 is 0. The number of aliphatic imine (C=N–C) groups is 1. The van der Waals surface area contributed by atoms with E-state index < -0.39 is 11.6 Å². The van der Waals surface area contributed by atoms with Crippen LogP contribution >= 0.6 is 0 Å². The molecular weight excluding hydrogens is 212 g/mol. The third kappa shape index (κ3) is 2.38. The molecule has 1 heterocycles. The average Bonchev–Trinajstić information content (AvgIpc) is 2.28. The molecule has 1 aliphatic heterocycles. The summed E-state index contributed by atoms with van der Waals surface area (Å²) < 4.78 is 31.2. The maximum atomic E-state index is 13.0. The second-order valence-electron chi connectivity index (χ2n) is 3.84. The number of halogens is 2. The lowest BCUT2D eigenvalue weighted by molar-refractivity contribution is 0.368. The van der Waals surface area contributed by atoms with E-state index in [1.165, 1.54) is 12.1 Å². The van der Waals surface area contributed by atoms with Crippen LogP contribution in [0.15, 0.2) is 23.2 Å². The minimum Gasteiger partial charge on any atom is -0.484 e. The summed E-state index contributed by atoms with van der Waals surface area (Å²) in [7, 11) is 1.56. The first kappa shape index (κ1) is 11.0. The number of benzene rings is 1. The van der Waals surface area contributed by atoms with E-state index in [4.69, 9.17) is 4.74 Å². The largest absolute Gasteiger partial charge is 0.484 e. The summed E-state index contributed by atoms with van der Waals surface area (Å²) in [6, 6.07) is 3.34. The zero-order valence-corrected chi connectivity index (χ0v) is 9.04. The van der Waals surface area contributed by atoms with Crippen molar-refractivity contribution in [2.24, 2.45) is 4.99 Å². The van der Waals surface area contributed by atoms with Crippen molar-refractivity contribution in [3.63, 3.8) is 0 Å². The molecule has 86 valence electrons. The molecule has 0 fully saturated rings. The first-order valence-electron chi connectivity index (χ1n) is 5.25. The fraction of sp³-hybridized carbons (Fsp3) is 0.417. The Bertz CT molecular complexity index is 397. The Morgan fingerprint density at radius 1 is 1.25 bits per heavy atom. The highest BCUT2D eigenvalue weighted by molar-refractivity contribution is 5.76. The van der Waals surface area contributed by atoms with Gasteiger partial charge in [-0.25, -0.2) is 13.8 Å². The maximum Gasteiger partial charge on any atom is 0.183 e. The second-order valence-corrected chi connectivity index (χ2v) is 3.84. The summed E-state index contributed by atoms with van der Waals surface area (Å²) in [6.07, 6.45) is 2.52. The minimum absolute atomic E-state index is 0.186. The predicted octanol–water partition coefficient (Wildman–Crippen LogP) is 3.23. The number of nitrogens with zero attached hydrogens (tertiary/aromatic N) is 1. The summed E-state index contributed by atoms with van der Waals surface area (Å²) in [5.74, 6) is -0.467. The number of hydrogen-bond acceptors (Lipinski definition) is 2. The van der Waals surface area contributed by atoms with Crippen LogP contribution in [0, 0.1) is 11.6 Å². The van der Waals surface area contributed by atoms with Crippen LogP contribution in [-0.2, 0) is 4.74 Å². The molecule has 1 unspecified atom stereocenters. The van der Waals surface area contributed by atoms with Crippen LogP contribution in [-0.4, -0.2) is 13.0 Å². The smallest absolute Gasteiger partial charge is 0.183 e. The van der Waals surface area contributed by atoms with Gasteiger partial charge in [-0.1, -0.05) is 0 Å². The monoisotopic (exact) mass is 225 g/mol. The molecule has 1 aliphatic rings. The van der Waals surface area contributed by atoms with Crippen LogP contribution < -0.4 is 0 Å². The van der Waals surface area contributed by atoms with E-state index in [1.54, 1.807) is 7.11 Å². The molecule has 0 bridgehead atoms. The number of ether oxygens (including phenoxy) is 1. The molecule has 0 N–H and O–H groups in total. The Labute approximate surface area is 93.0 Å². The first-order chi connectivity index (χ1) is 7.69. The quantitative estimate of drug-likeness (QED) is 0.719. The van der Waals surface area contributed by atoms with Gasteiger partial charge in [0.15, 0.2) is 5.90 Å². The van der Waals surface area contributed by atoms with E-state index in [2.05, 4.69) is 4.99 Å². The molecule has 0 aliphatic carbocycles. The van der Waals surface area contributed by atoms with Crippen molar-refractivity contribution in [1.82, 2.24) is 0 Å². The van der Waals surface area contributed by atoms with Gasteiger partial charge in [0.05, 0.1) is 13.2 Å². The number of hydrogen-bond donors (Lipinski definition) is 0. The predicted molar refractivity (Wildman–Crippen MR) is 57.4 cm³/mol. The van der Waals surface area contributed by atoms with Gasteiger partial charge in [0, 0.05) is 12.5 Å². The molecule has 0 saturated heterocycles. The van der Waals surface area contributed by atoms with E-state index in [0.29, 0.717) is 11.5 Å². The summed E-state index contributed by atoms with van der Waals surface area (Å²) in [4.78, 5) is 4.31. The molecular formula is C12H13F2NO. The van der Waals surface area contributed by atoms with Crippen molar-refractivity contribution in [3.8, 4) is 0 Å². The van der Waals surface area contributed by atoms with E-state index in [-0.39, 0.29) is 6.04 Å². The topological polar surface area (TPSA) is 21.6 Å². The van der Waals surface area contributed by atoms with Crippen molar-refractivity contribution in [2.75, 3.05) is 7.11 Å². The minimum atomic E-state index is -0.560. The van der Waals surface area contributed by atoms with Crippen LogP contribution in [0.25, 0.3) is 0 Å². The van der Waals surface area contributed by atoms with Crippen molar-refractivity contribution in [2.45, 2.75) is 25.3 Å². The lowest BCUT2D eigenvalue weighted by atomic mass is 9.99. The molecule has 0 spiro atoms. The molecule has 2 nitrogen and oxygen atoms in total. The summed E-state index contributed by atoms with van der Waals surface area (Å²) in [5, 5.41) is 0. The van der Waals surface area contributed by atoms with Crippen molar-refractivity contribution >= 4 is 5.90 Å². The Morgan fingerprint density at radius 3 is 2.56 bits per heavy atom. The van der Waals surface area contributed by atoms with Crippen molar-refractivity contribution in [3.05, 3.63) is 35.4 Å². The summed E-state index contributed by atoms with van der Waals surface area (Å²) in [6.45, 7) is 0. The zero-order chi connectivity index (χ0) is 11.5.